The maximum atomic E-state index is 12.1. The second kappa shape index (κ2) is 16.2. The predicted molar refractivity (Wildman–Crippen MR) is 123 cm³/mol. The van der Waals surface area contributed by atoms with Crippen LogP contribution in [0.3, 0.4) is 0 Å². The fourth-order valence-corrected chi connectivity index (χ4v) is 2.98. The molecule has 1 rings (SSSR count). The fourth-order valence-electron chi connectivity index (χ4n) is 2.98. The van der Waals surface area contributed by atoms with Crippen molar-refractivity contribution in [3.05, 3.63) is 35.9 Å². The molecule has 0 spiro atoms. The van der Waals surface area contributed by atoms with E-state index in [1.165, 1.54) is 7.11 Å². The van der Waals surface area contributed by atoms with Gasteiger partial charge in [0.2, 0.25) is 5.91 Å². The first-order chi connectivity index (χ1) is 15.0. The lowest BCUT2D eigenvalue weighted by atomic mass is 10.1. The van der Waals surface area contributed by atoms with E-state index in [4.69, 9.17) is 9.47 Å². The third kappa shape index (κ3) is 12.7. The number of esters is 1. The number of amides is 1. The smallest absolute Gasteiger partial charge is 0.305 e. The number of carbonyl (C=O) groups is 2. The highest BCUT2D eigenvalue weighted by Crippen LogP contribution is 2.28. The second-order valence-corrected chi connectivity index (χ2v) is 7.92. The molecule has 31 heavy (non-hydrogen) atoms. The minimum absolute atomic E-state index is 0.0686. The molecule has 0 fully saturated rings. The van der Waals surface area contributed by atoms with Crippen molar-refractivity contribution in [1.29, 1.82) is 0 Å². The van der Waals surface area contributed by atoms with Gasteiger partial charge >= 0.3 is 5.97 Å². The summed E-state index contributed by atoms with van der Waals surface area (Å²) < 4.78 is 15.9. The molecule has 0 radical (unpaired) electrons. The first-order valence-corrected chi connectivity index (χ1v) is 11.3. The number of rotatable bonds is 16. The lowest BCUT2D eigenvalue weighted by Crippen LogP contribution is -2.22. The van der Waals surface area contributed by atoms with Crippen LogP contribution in [0.4, 0.5) is 0 Å². The van der Waals surface area contributed by atoms with Crippen LogP contribution >= 0.6 is 0 Å². The van der Waals surface area contributed by atoms with Gasteiger partial charge in [0.25, 0.3) is 0 Å². The van der Waals surface area contributed by atoms with Gasteiger partial charge in [0.15, 0.2) is 11.5 Å². The number of hydrogen-bond acceptors (Lipinski definition) is 5. The van der Waals surface area contributed by atoms with Crippen LogP contribution in [0.1, 0.15) is 70.8 Å². The molecule has 1 aromatic rings. The van der Waals surface area contributed by atoms with Crippen molar-refractivity contribution >= 4 is 11.9 Å². The molecule has 6 heteroatoms. The van der Waals surface area contributed by atoms with Crippen LogP contribution in [-0.2, 0) is 20.9 Å². The van der Waals surface area contributed by atoms with Gasteiger partial charge in [-0.05, 0) is 62.1 Å². The van der Waals surface area contributed by atoms with Gasteiger partial charge in [0.05, 0.1) is 20.8 Å². The minimum atomic E-state index is -0.177. The van der Waals surface area contributed by atoms with Crippen molar-refractivity contribution < 1.29 is 23.8 Å². The Morgan fingerprint density at radius 2 is 1.77 bits per heavy atom. The molecular formula is C25H39NO5. The average molecular weight is 434 g/mol. The zero-order valence-corrected chi connectivity index (χ0v) is 19.6. The molecule has 0 aromatic heterocycles. The van der Waals surface area contributed by atoms with Crippen LogP contribution in [-0.4, -0.2) is 32.7 Å². The van der Waals surface area contributed by atoms with Crippen LogP contribution in [0, 0.1) is 5.92 Å². The molecule has 0 aliphatic rings. The maximum absolute atomic E-state index is 12.1. The van der Waals surface area contributed by atoms with Gasteiger partial charge in [0.1, 0.15) is 0 Å². The first-order valence-electron chi connectivity index (χ1n) is 11.3. The van der Waals surface area contributed by atoms with E-state index in [9.17, 15) is 9.59 Å². The summed E-state index contributed by atoms with van der Waals surface area (Å²) in [6.45, 7) is 5.34. The van der Waals surface area contributed by atoms with E-state index in [2.05, 4.69) is 36.1 Å². The third-order valence-corrected chi connectivity index (χ3v) is 4.77. The first kappa shape index (κ1) is 26.5. The topological polar surface area (TPSA) is 73.9 Å². The van der Waals surface area contributed by atoms with Gasteiger partial charge in [-0.3, -0.25) is 9.59 Å². The number of ether oxygens (including phenoxy) is 3. The Labute approximate surface area is 187 Å². The van der Waals surface area contributed by atoms with Crippen LogP contribution in [0.2, 0.25) is 0 Å². The van der Waals surface area contributed by atoms with Crippen molar-refractivity contribution in [3.63, 3.8) is 0 Å². The zero-order valence-electron chi connectivity index (χ0n) is 19.6. The summed E-state index contributed by atoms with van der Waals surface area (Å²) in [5, 5.41) is 2.97. The normalized spacial score (nSPS) is 11.0. The Bertz CT molecular complexity index is 684. The molecule has 0 atom stereocenters. The van der Waals surface area contributed by atoms with Crippen molar-refractivity contribution in [2.45, 2.75) is 71.8 Å². The van der Waals surface area contributed by atoms with Gasteiger partial charge in [-0.15, -0.1) is 0 Å². The summed E-state index contributed by atoms with van der Waals surface area (Å²) in [4.78, 5) is 23.1. The molecule has 1 amide bonds. The molecule has 6 nitrogen and oxygen atoms in total. The Morgan fingerprint density at radius 1 is 1.00 bits per heavy atom. The number of allylic oxidation sites excluding steroid dienone is 2. The minimum Gasteiger partial charge on any atom is -0.493 e. The van der Waals surface area contributed by atoms with Crippen LogP contribution in [0.5, 0.6) is 11.5 Å². The molecule has 0 aliphatic heterocycles. The lowest BCUT2D eigenvalue weighted by molar-refractivity contribution is -0.140. The van der Waals surface area contributed by atoms with Crippen molar-refractivity contribution in [2.75, 3.05) is 20.8 Å². The quantitative estimate of drug-likeness (QED) is 0.220. The summed E-state index contributed by atoms with van der Waals surface area (Å²) in [7, 11) is 3.01. The van der Waals surface area contributed by atoms with E-state index in [-0.39, 0.29) is 11.9 Å². The Kier molecular flexibility index (Phi) is 13.9. The molecule has 0 unspecified atom stereocenters. The molecule has 174 valence electrons. The monoisotopic (exact) mass is 433 g/mol. The largest absolute Gasteiger partial charge is 0.493 e. The highest BCUT2D eigenvalue weighted by atomic mass is 16.5. The molecule has 0 saturated carbocycles. The Balaban J connectivity index is 2.30. The number of carbonyl (C=O) groups excluding carboxylic acids is 2. The zero-order chi connectivity index (χ0) is 22.9. The standard InChI is InChI=1S/C25H39NO5/c1-20(2)12-8-5-6-9-13-24(27)26-19-21-15-16-22(23(18-21)29-3)31-17-11-7-10-14-25(28)30-4/h8,12,15-16,18,20H,5-7,9-11,13-14,17,19H2,1-4H3,(H,26,27)/b12-8+. The highest BCUT2D eigenvalue weighted by molar-refractivity contribution is 5.75. The highest BCUT2D eigenvalue weighted by Gasteiger charge is 2.08. The third-order valence-electron chi connectivity index (χ3n) is 4.77. The molecule has 1 N–H and O–H groups in total. The van der Waals surface area contributed by atoms with E-state index < -0.39 is 0 Å². The van der Waals surface area contributed by atoms with Crippen LogP contribution in [0.15, 0.2) is 30.4 Å². The maximum Gasteiger partial charge on any atom is 0.305 e. The van der Waals surface area contributed by atoms with Crippen molar-refractivity contribution in [1.82, 2.24) is 5.32 Å². The number of hydrogen-bond donors (Lipinski definition) is 1. The van der Waals surface area contributed by atoms with Crippen LogP contribution < -0.4 is 14.8 Å². The molecular weight excluding hydrogens is 394 g/mol. The van der Waals surface area contributed by atoms with Crippen LogP contribution in [0.25, 0.3) is 0 Å². The number of methoxy groups -OCH3 is 2. The van der Waals surface area contributed by atoms with Gasteiger partial charge in [0, 0.05) is 19.4 Å². The number of benzene rings is 1. The predicted octanol–water partition coefficient (Wildman–Crippen LogP) is 5.20. The van der Waals surface area contributed by atoms with E-state index >= 15 is 0 Å². The van der Waals surface area contributed by atoms with Gasteiger partial charge in [-0.1, -0.05) is 32.1 Å². The second-order valence-electron chi connectivity index (χ2n) is 7.92. The Hall–Kier alpha value is -2.50. The van der Waals surface area contributed by atoms with Crippen molar-refractivity contribution in [3.8, 4) is 11.5 Å². The summed E-state index contributed by atoms with van der Waals surface area (Å²) in [5.74, 6) is 1.80. The summed E-state index contributed by atoms with van der Waals surface area (Å²) in [5.41, 5.74) is 0.968. The molecule has 0 heterocycles. The van der Waals surface area contributed by atoms with Gasteiger partial charge < -0.3 is 19.5 Å². The summed E-state index contributed by atoms with van der Waals surface area (Å²) in [6.07, 6.45) is 10.9. The fraction of sp³-hybridized carbons (Fsp3) is 0.600. The van der Waals surface area contributed by atoms with E-state index in [1.807, 2.05) is 18.2 Å². The van der Waals surface area contributed by atoms with E-state index in [0.29, 0.717) is 43.4 Å². The summed E-state index contributed by atoms with van der Waals surface area (Å²) in [6, 6.07) is 5.70. The van der Waals surface area contributed by atoms with Gasteiger partial charge in [-0.2, -0.15) is 0 Å². The average Bonchev–Trinajstić information content (AvgIpc) is 2.76. The molecule has 0 aliphatic carbocycles. The van der Waals surface area contributed by atoms with Crippen molar-refractivity contribution in [2.24, 2.45) is 5.92 Å². The molecule has 0 bridgehead atoms. The lowest BCUT2D eigenvalue weighted by Gasteiger charge is -2.13. The SMILES string of the molecule is COC(=O)CCCCCOc1ccc(CNC(=O)CCCC/C=C/C(C)C)cc1OC. The number of unbranched alkanes of at least 4 members (excludes halogenated alkanes) is 4. The van der Waals surface area contributed by atoms with Gasteiger partial charge in [-0.25, -0.2) is 0 Å². The van der Waals surface area contributed by atoms with E-state index in [1.54, 1.807) is 7.11 Å². The number of nitrogens with one attached hydrogen (secondary N) is 1. The molecule has 1 aromatic carbocycles. The van der Waals surface area contributed by atoms with E-state index in [0.717, 1.165) is 44.1 Å². The Morgan fingerprint density at radius 3 is 2.48 bits per heavy atom. The summed E-state index contributed by atoms with van der Waals surface area (Å²) >= 11 is 0. The molecule has 0 saturated heterocycles.